The highest BCUT2D eigenvalue weighted by atomic mass is 32.1. The molecule has 0 unspecified atom stereocenters. The molecule has 3 aromatic heterocycles. The second kappa shape index (κ2) is 3.84. The van der Waals surface area contributed by atoms with E-state index in [0.29, 0.717) is 0 Å². The van der Waals surface area contributed by atoms with Gasteiger partial charge in [0.25, 0.3) is 0 Å². The van der Waals surface area contributed by atoms with E-state index in [1.165, 1.54) is 33.5 Å². The van der Waals surface area contributed by atoms with Crippen molar-refractivity contribution in [3.05, 3.63) is 30.6 Å². The molecule has 1 N–H and O–H groups in total. The molecule has 4 heterocycles. The maximum atomic E-state index is 4.13. The van der Waals surface area contributed by atoms with Crippen LogP contribution in [-0.2, 0) is 13.1 Å². The number of hydrogen-bond acceptors (Lipinski definition) is 4. The number of hydrogen-bond donors (Lipinski definition) is 1. The van der Waals surface area contributed by atoms with E-state index in [2.05, 4.69) is 32.4 Å². The van der Waals surface area contributed by atoms with Crippen molar-refractivity contribution in [2.24, 2.45) is 0 Å². The Kier molecular flexibility index (Phi) is 2.16. The lowest BCUT2D eigenvalue weighted by Gasteiger charge is -2.13. The Hall–Kier alpha value is -1.82. The zero-order valence-electron chi connectivity index (χ0n) is 9.83. The molecular formula is C12H13N5S. The Morgan fingerprint density at radius 2 is 2.39 bits per heavy atom. The third kappa shape index (κ3) is 1.53. The van der Waals surface area contributed by atoms with Crippen LogP contribution in [0.15, 0.2) is 25.0 Å². The average Bonchev–Trinajstić information content (AvgIpc) is 3.05. The topological polar surface area (TPSA) is 47.7 Å². The summed E-state index contributed by atoms with van der Waals surface area (Å²) in [6, 6.07) is 0. The van der Waals surface area contributed by atoms with Gasteiger partial charge in [-0.3, -0.25) is 0 Å². The van der Waals surface area contributed by atoms with Crippen molar-refractivity contribution >= 4 is 26.4 Å². The van der Waals surface area contributed by atoms with Crippen LogP contribution in [0.2, 0.25) is 0 Å². The van der Waals surface area contributed by atoms with Gasteiger partial charge in [0.15, 0.2) is 0 Å². The van der Waals surface area contributed by atoms with Crippen LogP contribution >= 0.6 is 11.3 Å². The van der Waals surface area contributed by atoms with Crippen LogP contribution in [0, 0.1) is 0 Å². The molecule has 0 atom stereocenters. The van der Waals surface area contributed by atoms with Crippen molar-refractivity contribution in [3.63, 3.8) is 0 Å². The molecule has 1 aliphatic heterocycles. The number of rotatable bonds is 2. The molecule has 0 saturated carbocycles. The molecule has 4 rings (SSSR count). The molecule has 18 heavy (non-hydrogen) atoms. The summed E-state index contributed by atoms with van der Waals surface area (Å²) < 4.78 is 5.36. The lowest BCUT2D eigenvalue weighted by Crippen LogP contribution is -2.09. The summed E-state index contributed by atoms with van der Waals surface area (Å²) in [4.78, 5) is 3.96. The minimum Gasteiger partial charge on any atom is -0.377 e. The van der Waals surface area contributed by atoms with Gasteiger partial charge in [0, 0.05) is 24.3 Å². The molecule has 0 aromatic carbocycles. The Balaban J connectivity index is 1.74. The number of thiophene rings is 1. The van der Waals surface area contributed by atoms with E-state index in [4.69, 9.17) is 0 Å². The summed E-state index contributed by atoms with van der Waals surface area (Å²) in [5, 5.41) is 10.4. The maximum Gasteiger partial charge on any atom is 0.137 e. The van der Waals surface area contributed by atoms with Gasteiger partial charge < -0.3 is 9.88 Å². The summed E-state index contributed by atoms with van der Waals surface area (Å²) >= 11 is 1.86. The minimum absolute atomic E-state index is 0.726. The van der Waals surface area contributed by atoms with Gasteiger partial charge >= 0.3 is 0 Å². The van der Waals surface area contributed by atoms with Crippen molar-refractivity contribution in [2.45, 2.75) is 19.5 Å². The minimum atomic E-state index is 0.726. The second-order valence-electron chi connectivity index (χ2n) is 4.57. The van der Waals surface area contributed by atoms with Crippen LogP contribution in [0.4, 0.5) is 5.00 Å². The van der Waals surface area contributed by atoms with Gasteiger partial charge in [-0.1, -0.05) is 0 Å². The zero-order valence-corrected chi connectivity index (χ0v) is 10.7. The summed E-state index contributed by atoms with van der Waals surface area (Å²) in [6.45, 7) is 1.83. The number of aromatic nitrogens is 4. The van der Waals surface area contributed by atoms with E-state index in [1.807, 2.05) is 16.0 Å². The van der Waals surface area contributed by atoms with E-state index in [1.54, 1.807) is 12.7 Å². The molecule has 0 spiro atoms. The standard InChI is InChI=1S/C12H13N5S/c1-2-9-10-4-16(8-17-7-13-6-15-17)5-11(10)18-12(9)14-3-1/h4-7,14H,1-3,8H2. The largest absolute Gasteiger partial charge is 0.377 e. The molecule has 6 heteroatoms. The van der Waals surface area contributed by atoms with Crippen molar-refractivity contribution in [2.75, 3.05) is 11.9 Å². The SMILES string of the molecule is c1ncn(Cn2cc3sc4c(c3c2)CCCN4)n1. The average molecular weight is 259 g/mol. The first-order valence-corrected chi connectivity index (χ1v) is 6.89. The van der Waals surface area contributed by atoms with E-state index < -0.39 is 0 Å². The fraction of sp³-hybridized carbons (Fsp3) is 0.333. The Bertz CT molecular complexity index is 679. The predicted octanol–water partition coefficient (Wildman–Crippen LogP) is 2.16. The molecule has 92 valence electrons. The number of aryl methyl sites for hydroxylation is 1. The number of nitrogens with zero attached hydrogens (tertiary/aromatic N) is 4. The van der Waals surface area contributed by atoms with Crippen LogP contribution in [0.25, 0.3) is 10.1 Å². The van der Waals surface area contributed by atoms with Crippen LogP contribution < -0.4 is 5.32 Å². The molecule has 0 fully saturated rings. The first-order valence-electron chi connectivity index (χ1n) is 6.07. The maximum absolute atomic E-state index is 4.13. The fourth-order valence-corrected chi connectivity index (χ4v) is 3.70. The van der Waals surface area contributed by atoms with Crippen LogP contribution in [0.3, 0.4) is 0 Å². The van der Waals surface area contributed by atoms with Crippen LogP contribution in [-0.4, -0.2) is 25.9 Å². The first-order chi connectivity index (χ1) is 8.90. The first kappa shape index (κ1) is 10.1. The molecule has 0 saturated heterocycles. The molecule has 5 nitrogen and oxygen atoms in total. The third-order valence-corrected chi connectivity index (χ3v) is 4.46. The van der Waals surface area contributed by atoms with Gasteiger partial charge in [-0.15, -0.1) is 11.3 Å². The molecular weight excluding hydrogens is 246 g/mol. The summed E-state index contributed by atoms with van der Waals surface area (Å²) in [5.74, 6) is 0. The van der Waals surface area contributed by atoms with E-state index in [-0.39, 0.29) is 0 Å². The smallest absolute Gasteiger partial charge is 0.137 e. The highest BCUT2D eigenvalue weighted by Gasteiger charge is 2.16. The predicted molar refractivity (Wildman–Crippen MR) is 72.0 cm³/mol. The molecule has 3 aromatic rings. The van der Waals surface area contributed by atoms with Crippen molar-refractivity contribution in [1.29, 1.82) is 0 Å². The number of anilines is 1. The van der Waals surface area contributed by atoms with Crippen molar-refractivity contribution < 1.29 is 0 Å². The number of nitrogens with one attached hydrogen (secondary N) is 1. The van der Waals surface area contributed by atoms with Gasteiger partial charge in [0.05, 0.1) is 9.70 Å². The Labute approximate surface area is 108 Å². The van der Waals surface area contributed by atoms with Gasteiger partial charge in [0.1, 0.15) is 19.3 Å². The molecule has 0 bridgehead atoms. The zero-order chi connectivity index (χ0) is 11.9. The summed E-state index contributed by atoms with van der Waals surface area (Å²) in [7, 11) is 0. The molecule has 1 aliphatic rings. The highest BCUT2D eigenvalue weighted by molar-refractivity contribution is 7.23. The van der Waals surface area contributed by atoms with Gasteiger partial charge in [0.2, 0.25) is 0 Å². The van der Waals surface area contributed by atoms with Gasteiger partial charge in [-0.2, -0.15) is 5.10 Å². The quantitative estimate of drug-likeness (QED) is 0.767. The van der Waals surface area contributed by atoms with E-state index in [0.717, 1.165) is 13.2 Å². The highest BCUT2D eigenvalue weighted by Crippen LogP contribution is 2.38. The van der Waals surface area contributed by atoms with Crippen LogP contribution in [0.5, 0.6) is 0 Å². The fourth-order valence-electron chi connectivity index (χ4n) is 2.50. The van der Waals surface area contributed by atoms with E-state index >= 15 is 0 Å². The normalized spacial score (nSPS) is 14.7. The van der Waals surface area contributed by atoms with Crippen molar-refractivity contribution in [3.8, 4) is 0 Å². The Morgan fingerprint density at radius 3 is 3.28 bits per heavy atom. The monoisotopic (exact) mass is 259 g/mol. The van der Waals surface area contributed by atoms with Crippen LogP contribution in [0.1, 0.15) is 12.0 Å². The lowest BCUT2D eigenvalue weighted by molar-refractivity contribution is 0.550. The molecule has 0 aliphatic carbocycles. The summed E-state index contributed by atoms with van der Waals surface area (Å²) in [6.07, 6.45) is 10.1. The van der Waals surface area contributed by atoms with Gasteiger partial charge in [-0.05, 0) is 18.4 Å². The lowest BCUT2D eigenvalue weighted by atomic mass is 10.1. The Morgan fingerprint density at radius 1 is 1.39 bits per heavy atom. The number of fused-ring (bicyclic) bond motifs is 3. The third-order valence-electron chi connectivity index (χ3n) is 3.32. The second-order valence-corrected chi connectivity index (χ2v) is 5.62. The summed E-state index contributed by atoms with van der Waals surface area (Å²) in [5.41, 5.74) is 1.48. The van der Waals surface area contributed by atoms with E-state index in [9.17, 15) is 0 Å². The van der Waals surface area contributed by atoms with Gasteiger partial charge in [-0.25, -0.2) is 9.67 Å². The van der Waals surface area contributed by atoms with Crippen molar-refractivity contribution in [1.82, 2.24) is 19.3 Å². The molecule has 0 radical (unpaired) electrons. The molecule has 0 amide bonds.